The highest BCUT2D eigenvalue weighted by atomic mass is 35.5. The minimum atomic E-state index is -0.403. The zero-order valence-corrected chi connectivity index (χ0v) is 13.1. The Bertz CT molecular complexity index is 789. The van der Waals surface area contributed by atoms with Crippen LogP contribution in [0, 0.1) is 0 Å². The standard InChI is InChI=1S/C16H15ClN2O3/c1-9(20)19-6-5-13-12(8-19)15(17)11-4-3-10(16(21)22-2)7-14(11)18-13/h3-4,7H,5-6,8H2,1-2H3. The molecule has 1 aromatic carbocycles. The van der Waals surface area contributed by atoms with Gasteiger partial charge in [0.2, 0.25) is 5.91 Å². The van der Waals surface area contributed by atoms with Gasteiger partial charge in [0.1, 0.15) is 0 Å². The lowest BCUT2D eigenvalue weighted by Gasteiger charge is -2.28. The average Bonchev–Trinajstić information content (AvgIpc) is 2.53. The topological polar surface area (TPSA) is 59.5 Å². The quantitative estimate of drug-likeness (QED) is 0.758. The predicted molar refractivity (Wildman–Crippen MR) is 82.9 cm³/mol. The average molecular weight is 319 g/mol. The third-order valence-electron chi connectivity index (χ3n) is 3.94. The van der Waals surface area contributed by atoms with Crippen molar-refractivity contribution in [1.29, 1.82) is 0 Å². The van der Waals surface area contributed by atoms with E-state index in [0.29, 0.717) is 35.6 Å². The van der Waals surface area contributed by atoms with Gasteiger partial charge in [0.05, 0.1) is 23.2 Å². The molecule has 1 aliphatic heterocycles. The van der Waals surface area contributed by atoms with Crippen molar-refractivity contribution < 1.29 is 14.3 Å². The summed E-state index contributed by atoms with van der Waals surface area (Å²) in [5.74, 6) is -0.372. The summed E-state index contributed by atoms with van der Waals surface area (Å²) in [4.78, 5) is 29.5. The number of methoxy groups -OCH3 is 1. The first-order valence-corrected chi connectivity index (χ1v) is 7.34. The van der Waals surface area contributed by atoms with E-state index in [0.717, 1.165) is 16.6 Å². The highest BCUT2D eigenvalue weighted by Crippen LogP contribution is 2.32. The van der Waals surface area contributed by atoms with E-state index in [2.05, 4.69) is 4.98 Å². The summed E-state index contributed by atoms with van der Waals surface area (Å²) in [5, 5.41) is 1.38. The first-order chi connectivity index (χ1) is 10.5. The molecule has 1 aromatic heterocycles. The number of halogens is 1. The number of carbonyl (C=O) groups is 2. The highest BCUT2D eigenvalue weighted by Gasteiger charge is 2.23. The third kappa shape index (κ3) is 2.41. The lowest BCUT2D eigenvalue weighted by Crippen LogP contribution is -2.34. The lowest BCUT2D eigenvalue weighted by molar-refractivity contribution is -0.129. The summed E-state index contributed by atoms with van der Waals surface area (Å²) in [6, 6.07) is 5.12. The molecule has 0 spiro atoms. The SMILES string of the molecule is COC(=O)c1ccc2c(Cl)c3c(nc2c1)CCN(C(C)=O)C3. The number of pyridine rings is 1. The van der Waals surface area contributed by atoms with Crippen molar-refractivity contribution in [3.63, 3.8) is 0 Å². The van der Waals surface area contributed by atoms with E-state index < -0.39 is 5.97 Å². The van der Waals surface area contributed by atoms with Crippen molar-refractivity contribution in [3.8, 4) is 0 Å². The van der Waals surface area contributed by atoms with Crippen molar-refractivity contribution in [3.05, 3.63) is 40.0 Å². The van der Waals surface area contributed by atoms with Gasteiger partial charge in [-0.2, -0.15) is 0 Å². The molecule has 6 heteroatoms. The van der Waals surface area contributed by atoms with Crippen LogP contribution < -0.4 is 0 Å². The Morgan fingerprint density at radius 1 is 1.36 bits per heavy atom. The number of aromatic nitrogens is 1. The fourth-order valence-corrected chi connectivity index (χ4v) is 3.03. The molecule has 22 heavy (non-hydrogen) atoms. The molecule has 3 rings (SSSR count). The largest absolute Gasteiger partial charge is 0.465 e. The van der Waals surface area contributed by atoms with Crippen LogP contribution in [0.15, 0.2) is 18.2 Å². The third-order valence-corrected chi connectivity index (χ3v) is 4.37. The molecule has 0 aliphatic carbocycles. The molecule has 0 atom stereocenters. The van der Waals surface area contributed by atoms with Crippen LogP contribution in [-0.4, -0.2) is 35.4 Å². The molecule has 0 fully saturated rings. The number of ether oxygens (including phenoxy) is 1. The molecule has 0 radical (unpaired) electrons. The van der Waals surface area contributed by atoms with Crippen molar-refractivity contribution in [2.45, 2.75) is 19.9 Å². The van der Waals surface area contributed by atoms with Gasteiger partial charge in [0.25, 0.3) is 0 Å². The molecule has 114 valence electrons. The van der Waals surface area contributed by atoms with E-state index in [9.17, 15) is 9.59 Å². The maximum atomic E-state index is 11.6. The zero-order chi connectivity index (χ0) is 15.9. The Balaban J connectivity index is 2.12. The van der Waals surface area contributed by atoms with Crippen LogP contribution in [0.4, 0.5) is 0 Å². The van der Waals surface area contributed by atoms with Crippen LogP contribution in [0.2, 0.25) is 5.02 Å². The lowest BCUT2D eigenvalue weighted by atomic mass is 10.0. The van der Waals surface area contributed by atoms with Gasteiger partial charge in [-0.1, -0.05) is 17.7 Å². The van der Waals surface area contributed by atoms with Crippen molar-refractivity contribution >= 4 is 34.4 Å². The first-order valence-electron chi connectivity index (χ1n) is 6.96. The molecule has 0 saturated heterocycles. The second-order valence-corrected chi connectivity index (χ2v) is 5.64. The van der Waals surface area contributed by atoms with E-state index in [4.69, 9.17) is 16.3 Å². The number of rotatable bonds is 1. The molecule has 0 bridgehead atoms. The van der Waals surface area contributed by atoms with E-state index in [-0.39, 0.29) is 5.91 Å². The molecule has 2 aromatic rings. The van der Waals surface area contributed by atoms with E-state index in [1.165, 1.54) is 7.11 Å². The summed E-state index contributed by atoms with van der Waals surface area (Å²) >= 11 is 6.50. The van der Waals surface area contributed by atoms with Crippen LogP contribution in [0.1, 0.15) is 28.5 Å². The van der Waals surface area contributed by atoms with Gasteiger partial charge in [-0.25, -0.2) is 4.79 Å². The van der Waals surface area contributed by atoms with Crippen molar-refractivity contribution in [2.24, 2.45) is 0 Å². The Labute approximate surface area is 132 Å². The monoisotopic (exact) mass is 318 g/mol. The fraction of sp³-hybridized carbons (Fsp3) is 0.312. The number of amides is 1. The number of benzene rings is 1. The molecular formula is C16H15ClN2O3. The minimum absolute atomic E-state index is 0.0304. The van der Waals surface area contributed by atoms with Crippen LogP contribution in [-0.2, 0) is 22.5 Å². The first kappa shape index (κ1) is 14.8. The number of hydrogen-bond acceptors (Lipinski definition) is 4. The van der Waals surface area contributed by atoms with Crippen molar-refractivity contribution in [2.75, 3.05) is 13.7 Å². The van der Waals surface area contributed by atoms with Crippen LogP contribution in [0.3, 0.4) is 0 Å². The molecular weight excluding hydrogens is 304 g/mol. The summed E-state index contributed by atoms with van der Waals surface area (Å²) in [5.41, 5.74) is 2.89. The normalized spacial score (nSPS) is 13.9. The van der Waals surface area contributed by atoms with E-state index >= 15 is 0 Å². The van der Waals surface area contributed by atoms with Gasteiger partial charge in [-0.05, 0) is 12.1 Å². The Hall–Kier alpha value is -2.14. The molecule has 2 heterocycles. The van der Waals surface area contributed by atoms with Gasteiger partial charge < -0.3 is 9.64 Å². The van der Waals surface area contributed by atoms with E-state index in [1.807, 2.05) is 0 Å². The molecule has 1 aliphatic rings. The van der Waals surface area contributed by atoms with Crippen molar-refractivity contribution in [1.82, 2.24) is 9.88 Å². The fourth-order valence-electron chi connectivity index (χ4n) is 2.70. The Kier molecular flexibility index (Phi) is 3.74. The smallest absolute Gasteiger partial charge is 0.337 e. The highest BCUT2D eigenvalue weighted by molar-refractivity contribution is 6.36. The van der Waals surface area contributed by atoms with Gasteiger partial charge in [0, 0.05) is 43.1 Å². The minimum Gasteiger partial charge on any atom is -0.465 e. The van der Waals surface area contributed by atoms with E-state index in [1.54, 1.807) is 30.0 Å². The molecule has 1 amide bonds. The number of hydrogen-bond donors (Lipinski definition) is 0. The molecule has 0 N–H and O–H groups in total. The van der Waals surface area contributed by atoms with Crippen LogP contribution >= 0.6 is 11.6 Å². The number of fused-ring (bicyclic) bond motifs is 2. The molecule has 0 saturated carbocycles. The maximum absolute atomic E-state index is 11.6. The number of carbonyl (C=O) groups excluding carboxylic acids is 2. The summed E-state index contributed by atoms with van der Waals surface area (Å²) < 4.78 is 4.72. The summed E-state index contributed by atoms with van der Waals surface area (Å²) in [6.07, 6.45) is 0.660. The van der Waals surface area contributed by atoms with Gasteiger partial charge in [0.15, 0.2) is 0 Å². The molecule has 5 nitrogen and oxygen atoms in total. The summed E-state index contributed by atoms with van der Waals surface area (Å²) in [6.45, 7) is 2.66. The number of esters is 1. The van der Waals surface area contributed by atoms with Gasteiger partial charge in [-0.15, -0.1) is 0 Å². The Morgan fingerprint density at radius 3 is 2.82 bits per heavy atom. The second-order valence-electron chi connectivity index (χ2n) is 5.27. The maximum Gasteiger partial charge on any atom is 0.337 e. The predicted octanol–water partition coefficient (Wildman–Crippen LogP) is 2.58. The molecule has 0 unspecified atom stereocenters. The Morgan fingerprint density at radius 2 is 2.14 bits per heavy atom. The number of nitrogens with zero attached hydrogens (tertiary/aromatic N) is 2. The second kappa shape index (κ2) is 5.57. The van der Waals surface area contributed by atoms with Crippen LogP contribution in [0.25, 0.3) is 10.9 Å². The zero-order valence-electron chi connectivity index (χ0n) is 12.4. The van der Waals surface area contributed by atoms with Gasteiger partial charge in [-0.3, -0.25) is 9.78 Å². The van der Waals surface area contributed by atoms with Crippen LogP contribution in [0.5, 0.6) is 0 Å². The van der Waals surface area contributed by atoms with Gasteiger partial charge >= 0.3 is 5.97 Å². The summed E-state index contributed by atoms with van der Waals surface area (Å²) in [7, 11) is 1.34.